The number of hydrogen-bond acceptors (Lipinski definition) is 4. The molecule has 4 heteroatoms. The standard InChI is InChI=1S/C13H17NO3/c1-2-11(14)12(15)13(16)17-9-8-10-6-4-3-5-7-10/h3-7,11H,2,8-9,14H2,1H3. The number of benzene rings is 1. The van der Waals surface area contributed by atoms with Gasteiger partial charge in [0.15, 0.2) is 0 Å². The van der Waals surface area contributed by atoms with E-state index in [0.717, 1.165) is 5.56 Å². The number of ether oxygens (including phenoxy) is 1. The molecule has 0 aliphatic heterocycles. The number of esters is 1. The zero-order chi connectivity index (χ0) is 12.7. The molecule has 0 aliphatic rings. The maximum Gasteiger partial charge on any atom is 0.376 e. The van der Waals surface area contributed by atoms with Crippen molar-refractivity contribution < 1.29 is 14.3 Å². The number of Topliss-reactive ketones (excluding diaryl/α,β-unsaturated/α-hetero) is 1. The fourth-order valence-corrected chi connectivity index (χ4v) is 1.31. The molecule has 0 saturated carbocycles. The largest absolute Gasteiger partial charge is 0.460 e. The highest BCUT2D eigenvalue weighted by atomic mass is 16.5. The third-order valence-corrected chi connectivity index (χ3v) is 2.44. The van der Waals surface area contributed by atoms with Crippen molar-refractivity contribution in [2.24, 2.45) is 5.73 Å². The molecule has 0 saturated heterocycles. The van der Waals surface area contributed by atoms with Crippen LogP contribution in [0.2, 0.25) is 0 Å². The van der Waals surface area contributed by atoms with Crippen molar-refractivity contribution >= 4 is 11.8 Å². The Labute approximate surface area is 101 Å². The summed E-state index contributed by atoms with van der Waals surface area (Å²) in [6, 6.07) is 8.87. The SMILES string of the molecule is CCC(N)C(=O)C(=O)OCCc1ccccc1. The molecule has 1 aromatic carbocycles. The summed E-state index contributed by atoms with van der Waals surface area (Å²) < 4.78 is 4.86. The van der Waals surface area contributed by atoms with Crippen molar-refractivity contribution in [2.45, 2.75) is 25.8 Å². The lowest BCUT2D eigenvalue weighted by Gasteiger charge is -2.07. The van der Waals surface area contributed by atoms with E-state index < -0.39 is 17.8 Å². The van der Waals surface area contributed by atoms with Crippen LogP contribution in [0.25, 0.3) is 0 Å². The molecule has 0 amide bonds. The van der Waals surface area contributed by atoms with Gasteiger partial charge in [-0.1, -0.05) is 37.3 Å². The van der Waals surface area contributed by atoms with Crippen LogP contribution in [-0.2, 0) is 20.7 Å². The Hall–Kier alpha value is -1.68. The molecule has 17 heavy (non-hydrogen) atoms. The monoisotopic (exact) mass is 235 g/mol. The van der Waals surface area contributed by atoms with Crippen LogP contribution in [-0.4, -0.2) is 24.4 Å². The average Bonchev–Trinajstić information content (AvgIpc) is 2.38. The topological polar surface area (TPSA) is 69.4 Å². The van der Waals surface area contributed by atoms with E-state index in [1.54, 1.807) is 6.92 Å². The molecule has 0 heterocycles. The number of carbonyl (C=O) groups excluding carboxylic acids is 2. The van der Waals surface area contributed by atoms with Gasteiger partial charge < -0.3 is 10.5 Å². The van der Waals surface area contributed by atoms with Gasteiger partial charge in [0, 0.05) is 6.42 Å². The zero-order valence-corrected chi connectivity index (χ0v) is 9.89. The molecule has 4 nitrogen and oxygen atoms in total. The van der Waals surface area contributed by atoms with E-state index in [0.29, 0.717) is 12.8 Å². The fourth-order valence-electron chi connectivity index (χ4n) is 1.31. The highest BCUT2D eigenvalue weighted by Gasteiger charge is 2.21. The Bertz CT molecular complexity index is 376. The zero-order valence-electron chi connectivity index (χ0n) is 9.89. The second-order valence-electron chi connectivity index (χ2n) is 3.75. The smallest absolute Gasteiger partial charge is 0.376 e. The second kappa shape index (κ2) is 6.81. The molecule has 92 valence electrons. The minimum absolute atomic E-state index is 0.199. The van der Waals surface area contributed by atoms with Crippen LogP contribution in [0.1, 0.15) is 18.9 Å². The molecule has 1 aromatic rings. The van der Waals surface area contributed by atoms with Gasteiger partial charge in [0.2, 0.25) is 0 Å². The maximum atomic E-state index is 11.3. The highest BCUT2D eigenvalue weighted by Crippen LogP contribution is 2.00. The lowest BCUT2D eigenvalue weighted by atomic mass is 10.1. The number of ketones is 1. The van der Waals surface area contributed by atoms with Crippen LogP contribution in [0.15, 0.2) is 30.3 Å². The van der Waals surface area contributed by atoms with Crippen molar-refractivity contribution in [3.63, 3.8) is 0 Å². The van der Waals surface area contributed by atoms with E-state index in [-0.39, 0.29) is 6.61 Å². The van der Waals surface area contributed by atoms with E-state index >= 15 is 0 Å². The van der Waals surface area contributed by atoms with Gasteiger partial charge in [0.25, 0.3) is 5.78 Å². The molecule has 0 aliphatic carbocycles. The average molecular weight is 235 g/mol. The van der Waals surface area contributed by atoms with Crippen LogP contribution >= 0.6 is 0 Å². The van der Waals surface area contributed by atoms with Crippen LogP contribution in [0, 0.1) is 0 Å². The van der Waals surface area contributed by atoms with Crippen LogP contribution in [0.5, 0.6) is 0 Å². The van der Waals surface area contributed by atoms with Gasteiger partial charge in [-0.3, -0.25) is 4.79 Å². The number of rotatable bonds is 6. The first-order valence-electron chi connectivity index (χ1n) is 5.65. The van der Waals surface area contributed by atoms with Gasteiger partial charge in [-0.15, -0.1) is 0 Å². The molecule has 0 fully saturated rings. The quantitative estimate of drug-likeness (QED) is 0.591. The fraction of sp³-hybridized carbons (Fsp3) is 0.385. The van der Waals surface area contributed by atoms with E-state index in [1.165, 1.54) is 0 Å². The van der Waals surface area contributed by atoms with E-state index in [9.17, 15) is 9.59 Å². The van der Waals surface area contributed by atoms with Crippen molar-refractivity contribution in [1.29, 1.82) is 0 Å². The van der Waals surface area contributed by atoms with Crippen LogP contribution < -0.4 is 5.73 Å². The normalized spacial score (nSPS) is 11.9. The van der Waals surface area contributed by atoms with Crippen molar-refractivity contribution in [3.05, 3.63) is 35.9 Å². The molecule has 1 unspecified atom stereocenters. The summed E-state index contributed by atoms with van der Waals surface area (Å²) in [5.41, 5.74) is 6.51. The molecule has 0 radical (unpaired) electrons. The summed E-state index contributed by atoms with van der Waals surface area (Å²) in [6.07, 6.45) is 1.04. The molecule has 0 bridgehead atoms. The first-order valence-corrected chi connectivity index (χ1v) is 5.65. The summed E-state index contributed by atoms with van der Waals surface area (Å²) in [5.74, 6) is -1.49. The maximum absolute atomic E-state index is 11.3. The van der Waals surface area contributed by atoms with Gasteiger partial charge in [-0.05, 0) is 12.0 Å². The van der Waals surface area contributed by atoms with Gasteiger partial charge in [0.05, 0.1) is 12.6 Å². The third kappa shape index (κ3) is 4.36. The molecule has 1 atom stereocenters. The van der Waals surface area contributed by atoms with Crippen molar-refractivity contribution in [2.75, 3.05) is 6.61 Å². The van der Waals surface area contributed by atoms with E-state index in [1.807, 2.05) is 30.3 Å². The number of hydrogen-bond donors (Lipinski definition) is 1. The Morgan fingerprint density at radius 1 is 1.29 bits per heavy atom. The predicted molar refractivity (Wildman–Crippen MR) is 64.4 cm³/mol. The van der Waals surface area contributed by atoms with Gasteiger partial charge in [0.1, 0.15) is 0 Å². The van der Waals surface area contributed by atoms with Gasteiger partial charge in [-0.25, -0.2) is 4.79 Å². The lowest BCUT2D eigenvalue weighted by molar-refractivity contribution is -0.154. The molecule has 2 N–H and O–H groups in total. The highest BCUT2D eigenvalue weighted by molar-refractivity contribution is 6.35. The summed E-state index contributed by atoms with van der Waals surface area (Å²) >= 11 is 0. The Balaban J connectivity index is 2.32. The Morgan fingerprint density at radius 2 is 1.94 bits per heavy atom. The lowest BCUT2D eigenvalue weighted by Crippen LogP contribution is -2.36. The van der Waals surface area contributed by atoms with Gasteiger partial charge >= 0.3 is 5.97 Å². The third-order valence-electron chi connectivity index (χ3n) is 2.44. The molecular weight excluding hydrogens is 218 g/mol. The van der Waals surface area contributed by atoms with Crippen molar-refractivity contribution in [1.82, 2.24) is 0 Å². The first kappa shape index (κ1) is 13.4. The number of carbonyl (C=O) groups is 2. The van der Waals surface area contributed by atoms with Gasteiger partial charge in [-0.2, -0.15) is 0 Å². The van der Waals surface area contributed by atoms with Crippen LogP contribution in [0.4, 0.5) is 0 Å². The predicted octanol–water partition coefficient (Wildman–Crippen LogP) is 1.08. The molecule has 1 rings (SSSR count). The molecule has 0 aromatic heterocycles. The van der Waals surface area contributed by atoms with E-state index in [4.69, 9.17) is 10.5 Å². The molecular formula is C13H17NO3. The summed E-state index contributed by atoms with van der Waals surface area (Å²) in [5, 5.41) is 0. The number of nitrogens with two attached hydrogens (primary N) is 1. The Morgan fingerprint density at radius 3 is 2.53 bits per heavy atom. The summed E-state index contributed by atoms with van der Waals surface area (Å²) in [4.78, 5) is 22.6. The van der Waals surface area contributed by atoms with Crippen molar-refractivity contribution in [3.8, 4) is 0 Å². The molecule has 0 spiro atoms. The second-order valence-corrected chi connectivity index (χ2v) is 3.75. The summed E-state index contributed by atoms with van der Waals surface area (Å²) in [7, 11) is 0. The Kier molecular flexibility index (Phi) is 5.36. The first-order chi connectivity index (χ1) is 8.15. The minimum atomic E-state index is -0.838. The minimum Gasteiger partial charge on any atom is -0.460 e. The van der Waals surface area contributed by atoms with E-state index in [2.05, 4.69) is 0 Å². The van der Waals surface area contributed by atoms with Crippen LogP contribution in [0.3, 0.4) is 0 Å². The summed E-state index contributed by atoms with van der Waals surface area (Å²) in [6.45, 7) is 1.95.